The monoisotopic (exact) mass is 402 g/mol. The highest BCUT2D eigenvalue weighted by Crippen LogP contribution is 2.26. The summed E-state index contributed by atoms with van der Waals surface area (Å²) < 4.78 is 9.04. The molecule has 0 bridgehead atoms. The first-order chi connectivity index (χ1) is 14.5. The number of nitrogens with one attached hydrogen (secondary N) is 1. The van der Waals surface area contributed by atoms with Crippen LogP contribution in [0, 0.1) is 11.3 Å². The largest absolute Gasteiger partial charge is 0.462 e. The molecule has 1 saturated heterocycles. The molecule has 30 heavy (non-hydrogen) atoms. The van der Waals surface area contributed by atoms with Crippen LogP contribution in [0.15, 0.2) is 35.3 Å². The number of aromatic nitrogens is 4. The van der Waals surface area contributed by atoms with E-state index in [1.54, 1.807) is 16.0 Å². The fraction of sp³-hybridized carbons (Fsp3) is 0.318. The maximum atomic E-state index is 13.2. The number of fused-ring (bicyclic) bond motifs is 4. The van der Waals surface area contributed by atoms with Gasteiger partial charge >= 0.3 is 11.6 Å². The van der Waals surface area contributed by atoms with E-state index in [0.29, 0.717) is 40.7 Å². The summed E-state index contributed by atoms with van der Waals surface area (Å²) in [4.78, 5) is 34.4. The summed E-state index contributed by atoms with van der Waals surface area (Å²) in [6, 6.07) is 7.42. The van der Waals surface area contributed by atoms with Crippen LogP contribution >= 0.6 is 0 Å². The van der Waals surface area contributed by atoms with E-state index in [4.69, 9.17) is 15.1 Å². The van der Waals surface area contributed by atoms with E-state index in [0.717, 1.165) is 12.1 Å². The standard InChI is InChI=1S/C22H20N5O3/c1-3-12-8-14(30-22(12)29)9-13-11-27-20-18(15(10-23)19(28)21(27)26(13)2)24-16-6-4-5-7-17(16)25-20/h4-7,11-12,14,23H,3,8-9H2,1-2H3/q+1. The van der Waals surface area contributed by atoms with E-state index in [9.17, 15) is 9.59 Å². The Morgan fingerprint density at radius 1 is 1.27 bits per heavy atom. The van der Waals surface area contributed by atoms with Crippen molar-refractivity contribution in [3.8, 4) is 0 Å². The number of hydrogen-bond donors (Lipinski definition) is 1. The first kappa shape index (κ1) is 18.4. The molecule has 3 aromatic heterocycles. The van der Waals surface area contributed by atoms with Gasteiger partial charge in [-0.05, 0) is 30.8 Å². The van der Waals surface area contributed by atoms with Crippen LogP contribution in [0.5, 0.6) is 0 Å². The minimum absolute atomic E-state index is 0.0652. The smallest absolute Gasteiger partial charge is 0.337 e. The van der Waals surface area contributed by atoms with Gasteiger partial charge in [-0.2, -0.15) is 4.40 Å². The van der Waals surface area contributed by atoms with E-state index in [-0.39, 0.29) is 28.6 Å². The van der Waals surface area contributed by atoms with Crippen molar-refractivity contribution in [1.29, 1.82) is 5.41 Å². The number of esters is 1. The number of para-hydroxylation sites is 2. The number of aryl methyl sites for hydroxylation is 1. The van der Waals surface area contributed by atoms with Crippen LogP contribution in [-0.2, 0) is 23.0 Å². The minimum Gasteiger partial charge on any atom is -0.462 e. The van der Waals surface area contributed by atoms with Crippen LogP contribution in [0.1, 0.15) is 25.5 Å². The van der Waals surface area contributed by atoms with Gasteiger partial charge in [0, 0.05) is 0 Å². The summed E-state index contributed by atoms with van der Waals surface area (Å²) in [5, 5.41) is 7.77. The molecule has 2 unspecified atom stereocenters. The zero-order valence-corrected chi connectivity index (χ0v) is 16.7. The molecule has 1 aliphatic rings. The van der Waals surface area contributed by atoms with Gasteiger partial charge in [0.05, 0.1) is 30.4 Å². The molecule has 1 aromatic carbocycles. The second kappa shape index (κ2) is 6.71. The Morgan fingerprint density at radius 3 is 2.67 bits per heavy atom. The Morgan fingerprint density at radius 2 is 2.00 bits per heavy atom. The Kier molecular flexibility index (Phi) is 4.11. The van der Waals surface area contributed by atoms with E-state index < -0.39 is 0 Å². The molecular formula is C22H20N5O3+. The van der Waals surface area contributed by atoms with Gasteiger partial charge in [0.2, 0.25) is 0 Å². The molecule has 8 heteroatoms. The van der Waals surface area contributed by atoms with Gasteiger partial charge in [-0.25, -0.2) is 14.5 Å². The van der Waals surface area contributed by atoms with Crippen molar-refractivity contribution >= 4 is 39.7 Å². The Balaban J connectivity index is 1.75. The molecule has 0 saturated carbocycles. The molecule has 4 aromatic rings. The van der Waals surface area contributed by atoms with Crippen molar-refractivity contribution in [3.05, 3.63) is 51.6 Å². The predicted molar refractivity (Wildman–Crippen MR) is 109 cm³/mol. The molecule has 1 fully saturated rings. The van der Waals surface area contributed by atoms with E-state index in [1.165, 1.54) is 0 Å². The molecule has 1 N–H and O–H groups in total. The van der Waals surface area contributed by atoms with Gasteiger partial charge in [0.1, 0.15) is 23.2 Å². The summed E-state index contributed by atoms with van der Waals surface area (Å²) in [6.07, 6.45) is 3.58. The SMILES string of the molecule is CCC1CC(Cc2cn3c4nc5ccccc5nc4c(=C=N)c(=O)c3[n+]2C)OC1=O. The molecule has 8 nitrogen and oxygen atoms in total. The van der Waals surface area contributed by atoms with Gasteiger partial charge < -0.3 is 4.74 Å². The molecular weight excluding hydrogens is 382 g/mol. The fourth-order valence-electron chi connectivity index (χ4n) is 4.28. The van der Waals surface area contributed by atoms with Gasteiger partial charge in [-0.3, -0.25) is 15.0 Å². The van der Waals surface area contributed by atoms with E-state index in [1.807, 2.05) is 37.4 Å². The van der Waals surface area contributed by atoms with E-state index >= 15 is 0 Å². The first-order valence-corrected chi connectivity index (χ1v) is 9.94. The lowest BCUT2D eigenvalue weighted by molar-refractivity contribution is -0.653. The van der Waals surface area contributed by atoms with Crippen LogP contribution in [0.4, 0.5) is 0 Å². The Bertz CT molecular complexity index is 1490. The molecule has 0 aliphatic carbocycles. The third-order valence-electron chi connectivity index (χ3n) is 5.92. The second-order valence-electron chi connectivity index (χ2n) is 7.69. The number of hydrogen-bond acceptors (Lipinski definition) is 6. The van der Waals surface area contributed by atoms with Crippen molar-refractivity contribution in [1.82, 2.24) is 14.4 Å². The normalized spacial score (nSPS) is 18.9. The number of nitrogens with zero attached hydrogens (tertiary/aromatic N) is 4. The molecule has 1 aliphatic heterocycles. The van der Waals surface area contributed by atoms with Crippen LogP contribution < -0.4 is 15.2 Å². The number of benzene rings is 1. The Labute approximate surface area is 170 Å². The zero-order chi connectivity index (χ0) is 21.0. The van der Waals surface area contributed by atoms with Crippen molar-refractivity contribution in [3.63, 3.8) is 0 Å². The van der Waals surface area contributed by atoms with Crippen LogP contribution in [0.3, 0.4) is 0 Å². The maximum absolute atomic E-state index is 13.2. The number of ether oxygens (including phenoxy) is 1. The lowest BCUT2D eigenvalue weighted by atomic mass is 10.0. The lowest BCUT2D eigenvalue weighted by Gasteiger charge is -2.05. The van der Waals surface area contributed by atoms with Crippen molar-refractivity contribution in [2.24, 2.45) is 13.0 Å². The molecule has 150 valence electrons. The number of pyridine rings is 1. The molecule has 0 spiro atoms. The predicted octanol–water partition coefficient (Wildman–Crippen LogP) is 0.744. The van der Waals surface area contributed by atoms with Gasteiger partial charge in [-0.15, -0.1) is 0 Å². The van der Waals surface area contributed by atoms with Crippen molar-refractivity contribution in [2.75, 3.05) is 0 Å². The highest BCUT2D eigenvalue weighted by Gasteiger charge is 2.35. The number of imidazole rings is 1. The highest BCUT2D eigenvalue weighted by molar-refractivity contribution is 5.87. The van der Waals surface area contributed by atoms with Gasteiger partial charge in [0.15, 0.2) is 5.52 Å². The summed E-state index contributed by atoms with van der Waals surface area (Å²) in [5.41, 5.74) is 3.10. The average Bonchev–Trinajstić information content (AvgIpc) is 3.27. The number of cyclic esters (lactones) is 1. The molecule has 4 heterocycles. The van der Waals surface area contributed by atoms with Crippen molar-refractivity contribution < 1.29 is 14.1 Å². The third-order valence-corrected chi connectivity index (χ3v) is 5.92. The molecule has 5 rings (SSSR count). The van der Waals surface area contributed by atoms with Crippen molar-refractivity contribution in [2.45, 2.75) is 32.3 Å². The topological polar surface area (TPSA) is 101 Å². The second-order valence-corrected chi connectivity index (χ2v) is 7.69. The van der Waals surface area contributed by atoms with Crippen LogP contribution in [-0.4, -0.2) is 32.3 Å². The Hall–Kier alpha value is -3.64. The highest BCUT2D eigenvalue weighted by atomic mass is 16.5. The number of carbonyl (C=O) groups is 1. The first-order valence-electron chi connectivity index (χ1n) is 9.94. The number of rotatable bonds is 3. The fourth-order valence-corrected chi connectivity index (χ4v) is 4.28. The lowest BCUT2D eigenvalue weighted by Crippen LogP contribution is -2.41. The third kappa shape index (κ3) is 2.61. The summed E-state index contributed by atoms with van der Waals surface area (Å²) in [6.45, 7) is 1.98. The average molecular weight is 402 g/mol. The van der Waals surface area contributed by atoms with Gasteiger partial charge in [-0.1, -0.05) is 19.1 Å². The summed E-state index contributed by atoms with van der Waals surface area (Å²) in [7, 11) is 1.80. The molecule has 0 amide bonds. The quantitative estimate of drug-likeness (QED) is 0.236. The minimum atomic E-state index is -0.328. The molecule has 2 atom stereocenters. The summed E-state index contributed by atoms with van der Waals surface area (Å²) in [5.74, 6) is 2.05. The number of carbonyl (C=O) groups excluding carboxylic acids is 1. The van der Waals surface area contributed by atoms with Crippen LogP contribution in [0.25, 0.3) is 27.8 Å². The molecule has 0 radical (unpaired) electrons. The van der Waals surface area contributed by atoms with E-state index in [2.05, 4.69) is 10.9 Å². The zero-order valence-electron chi connectivity index (χ0n) is 16.7. The maximum Gasteiger partial charge on any atom is 0.337 e. The summed E-state index contributed by atoms with van der Waals surface area (Å²) >= 11 is 0. The van der Waals surface area contributed by atoms with Crippen LogP contribution in [0.2, 0.25) is 0 Å². The van der Waals surface area contributed by atoms with Gasteiger partial charge in [0.25, 0.3) is 11.1 Å².